The van der Waals surface area contributed by atoms with E-state index in [2.05, 4.69) is 15.9 Å². The van der Waals surface area contributed by atoms with Crippen LogP contribution < -0.4 is 0 Å². The molecule has 0 aromatic heterocycles. The third kappa shape index (κ3) is 2.04. The van der Waals surface area contributed by atoms with Crippen molar-refractivity contribution in [1.82, 2.24) is 0 Å². The number of carbonyl (C=O) groups excluding carboxylic acids is 1. The molecule has 2 nitrogen and oxygen atoms in total. The number of rotatable bonds is 2. The molecule has 0 amide bonds. The number of ketones is 1. The van der Waals surface area contributed by atoms with Gasteiger partial charge in [0.1, 0.15) is 6.10 Å². The Morgan fingerprint density at radius 1 is 1.36 bits per heavy atom. The Labute approximate surface area is 91.4 Å². The SMILES string of the molecule is O=C(c1ccc(Br)cc1)[C@@H]1CCCO1. The Morgan fingerprint density at radius 2 is 2.07 bits per heavy atom. The Hall–Kier alpha value is -0.670. The van der Waals surface area contributed by atoms with Gasteiger partial charge in [-0.2, -0.15) is 0 Å². The van der Waals surface area contributed by atoms with Crippen molar-refractivity contribution < 1.29 is 9.53 Å². The van der Waals surface area contributed by atoms with Crippen LogP contribution in [0.25, 0.3) is 0 Å². The molecule has 0 bridgehead atoms. The zero-order valence-electron chi connectivity index (χ0n) is 7.70. The van der Waals surface area contributed by atoms with E-state index in [4.69, 9.17) is 4.74 Å². The minimum Gasteiger partial charge on any atom is -0.370 e. The van der Waals surface area contributed by atoms with Gasteiger partial charge >= 0.3 is 0 Å². The molecular weight excluding hydrogens is 244 g/mol. The molecule has 0 N–H and O–H groups in total. The van der Waals surface area contributed by atoms with Gasteiger partial charge in [0.15, 0.2) is 5.78 Å². The average molecular weight is 255 g/mol. The molecule has 2 rings (SSSR count). The van der Waals surface area contributed by atoms with E-state index < -0.39 is 0 Å². The third-order valence-electron chi connectivity index (χ3n) is 2.35. The summed E-state index contributed by atoms with van der Waals surface area (Å²) in [6, 6.07) is 7.41. The van der Waals surface area contributed by atoms with Crippen LogP contribution in [0.2, 0.25) is 0 Å². The number of ether oxygens (including phenoxy) is 1. The summed E-state index contributed by atoms with van der Waals surface area (Å²) in [6.45, 7) is 0.715. The van der Waals surface area contributed by atoms with Gasteiger partial charge in [-0.1, -0.05) is 28.1 Å². The summed E-state index contributed by atoms with van der Waals surface area (Å²) >= 11 is 3.34. The normalized spacial score (nSPS) is 21.1. The second-order valence-corrected chi connectivity index (χ2v) is 4.29. The highest BCUT2D eigenvalue weighted by atomic mass is 79.9. The Kier molecular flexibility index (Phi) is 2.99. The van der Waals surface area contributed by atoms with Gasteiger partial charge in [-0.3, -0.25) is 4.79 Å². The lowest BCUT2D eigenvalue weighted by molar-refractivity contribution is 0.0643. The van der Waals surface area contributed by atoms with E-state index in [0.29, 0.717) is 6.61 Å². The van der Waals surface area contributed by atoms with E-state index in [-0.39, 0.29) is 11.9 Å². The fraction of sp³-hybridized carbons (Fsp3) is 0.364. The standard InChI is InChI=1S/C11H11BrO2/c12-9-5-3-8(4-6-9)11(13)10-2-1-7-14-10/h3-6,10H,1-2,7H2/t10-/m0/s1. The van der Waals surface area contributed by atoms with Crippen molar-refractivity contribution in [3.05, 3.63) is 34.3 Å². The molecule has 0 saturated carbocycles. The highest BCUT2D eigenvalue weighted by Gasteiger charge is 2.24. The lowest BCUT2D eigenvalue weighted by Crippen LogP contribution is -2.19. The van der Waals surface area contributed by atoms with E-state index in [9.17, 15) is 4.79 Å². The molecule has 1 heterocycles. The lowest BCUT2D eigenvalue weighted by Gasteiger charge is -2.07. The molecule has 1 saturated heterocycles. The zero-order valence-corrected chi connectivity index (χ0v) is 9.29. The van der Waals surface area contributed by atoms with Crippen molar-refractivity contribution in [3.63, 3.8) is 0 Å². The Bertz CT molecular complexity index is 326. The van der Waals surface area contributed by atoms with Crippen LogP contribution in [0.5, 0.6) is 0 Å². The van der Waals surface area contributed by atoms with Crippen LogP contribution in [0.1, 0.15) is 23.2 Å². The van der Waals surface area contributed by atoms with Gasteiger partial charge in [-0.15, -0.1) is 0 Å². The van der Waals surface area contributed by atoms with Crippen LogP contribution in [0, 0.1) is 0 Å². The second-order valence-electron chi connectivity index (χ2n) is 3.37. The highest BCUT2D eigenvalue weighted by molar-refractivity contribution is 9.10. The van der Waals surface area contributed by atoms with Crippen LogP contribution in [0.4, 0.5) is 0 Å². The molecular formula is C11H11BrO2. The van der Waals surface area contributed by atoms with Crippen molar-refractivity contribution >= 4 is 21.7 Å². The van der Waals surface area contributed by atoms with Gasteiger partial charge in [0.2, 0.25) is 0 Å². The third-order valence-corrected chi connectivity index (χ3v) is 2.88. The van der Waals surface area contributed by atoms with E-state index in [1.807, 2.05) is 24.3 Å². The summed E-state index contributed by atoms with van der Waals surface area (Å²) < 4.78 is 6.33. The molecule has 1 aliphatic heterocycles. The minimum atomic E-state index is -0.212. The summed E-state index contributed by atoms with van der Waals surface area (Å²) in [7, 11) is 0. The van der Waals surface area contributed by atoms with E-state index in [1.165, 1.54) is 0 Å². The number of hydrogen-bond acceptors (Lipinski definition) is 2. The van der Waals surface area contributed by atoms with Gasteiger partial charge in [-0.05, 0) is 25.0 Å². The van der Waals surface area contributed by atoms with E-state index >= 15 is 0 Å². The van der Waals surface area contributed by atoms with Crippen LogP contribution in [-0.4, -0.2) is 18.5 Å². The molecule has 1 aromatic carbocycles. The number of halogens is 1. The molecule has 0 radical (unpaired) electrons. The molecule has 14 heavy (non-hydrogen) atoms. The molecule has 1 atom stereocenters. The predicted molar refractivity (Wildman–Crippen MR) is 57.4 cm³/mol. The summed E-state index contributed by atoms with van der Waals surface area (Å²) in [5.41, 5.74) is 0.736. The van der Waals surface area contributed by atoms with Gasteiger partial charge in [0.25, 0.3) is 0 Å². The van der Waals surface area contributed by atoms with Crippen molar-refractivity contribution in [1.29, 1.82) is 0 Å². The van der Waals surface area contributed by atoms with Crippen molar-refractivity contribution in [2.75, 3.05) is 6.61 Å². The second kappa shape index (κ2) is 4.24. The van der Waals surface area contributed by atoms with Gasteiger partial charge in [0, 0.05) is 16.6 Å². The quantitative estimate of drug-likeness (QED) is 0.759. The summed E-state index contributed by atoms with van der Waals surface area (Å²) in [5, 5.41) is 0. The Morgan fingerprint density at radius 3 is 2.64 bits per heavy atom. The number of carbonyl (C=O) groups is 1. The van der Waals surface area contributed by atoms with Crippen LogP contribution in [0.3, 0.4) is 0 Å². The molecule has 1 aromatic rings. The maximum atomic E-state index is 11.8. The van der Waals surface area contributed by atoms with Gasteiger partial charge in [0.05, 0.1) is 0 Å². The fourth-order valence-electron chi connectivity index (χ4n) is 1.58. The largest absolute Gasteiger partial charge is 0.370 e. The maximum Gasteiger partial charge on any atom is 0.191 e. The van der Waals surface area contributed by atoms with E-state index in [0.717, 1.165) is 22.9 Å². The first-order valence-electron chi connectivity index (χ1n) is 4.69. The summed E-state index contributed by atoms with van der Waals surface area (Å²) in [6.07, 6.45) is 1.64. The molecule has 3 heteroatoms. The van der Waals surface area contributed by atoms with Gasteiger partial charge < -0.3 is 4.74 Å². The monoisotopic (exact) mass is 254 g/mol. The van der Waals surface area contributed by atoms with Gasteiger partial charge in [-0.25, -0.2) is 0 Å². The van der Waals surface area contributed by atoms with E-state index in [1.54, 1.807) is 0 Å². The maximum absolute atomic E-state index is 11.8. The van der Waals surface area contributed by atoms with Crippen LogP contribution >= 0.6 is 15.9 Å². The van der Waals surface area contributed by atoms with Crippen LogP contribution in [-0.2, 0) is 4.74 Å². The topological polar surface area (TPSA) is 26.3 Å². The summed E-state index contributed by atoms with van der Waals surface area (Å²) in [4.78, 5) is 11.8. The molecule has 0 unspecified atom stereocenters. The van der Waals surface area contributed by atoms with Crippen molar-refractivity contribution in [2.24, 2.45) is 0 Å². The first-order chi connectivity index (χ1) is 6.77. The molecule has 0 aliphatic carbocycles. The number of Topliss-reactive ketones (excluding diaryl/α,β-unsaturated/α-hetero) is 1. The fourth-order valence-corrected chi connectivity index (χ4v) is 1.85. The van der Waals surface area contributed by atoms with Crippen molar-refractivity contribution in [2.45, 2.75) is 18.9 Å². The minimum absolute atomic E-state index is 0.106. The lowest BCUT2D eigenvalue weighted by atomic mass is 10.0. The molecule has 1 aliphatic rings. The average Bonchev–Trinajstić information content (AvgIpc) is 2.71. The number of hydrogen-bond donors (Lipinski definition) is 0. The highest BCUT2D eigenvalue weighted by Crippen LogP contribution is 2.18. The predicted octanol–water partition coefficient (Wildman–Crippen LogP) is 2.81. The first kappa shape index (κ1) is 9.87. The molecule has 1 fully saturated rings. The Balaban J connectivity index is 2.14. The first-order valence-corrected chi connectivity index (χ1v) is 5.48. The zero-order chi connectivity index (χ0) is 9.97. The van der Waals surface area contributed by atoms with Crippen LogP contribution in [0.15, 0.2) is 28.7 Å². The number of benzene rings is 1. The molecule has 0 spiro atoms. The smallest absolute Gasteiger partial charge is 0.191 e. The van der Waals surface area contributed by atoms with Crippen molar-refractivity contribution in [3.8, 4) is 0 Å². The molecule has 74 valence electrons. The summed E-state index contributed by atoms with van der Waals surface area (Å²) in [5.74, 6) is 0.106.